The Hall–Kier alpha value is -3.24. The van der Waals surface area contributed by atoms with Crippen molar-refractivity contribution >= 4 is 39.5 Å². The van der Waals surface area contributed by atoms with Gasteiger partial charge in [-0.05, 0) is 31.9 Å². The molecule has 6 rings (SSSR count). The molecule has 10 nitrogen and oxygen atoms in total. The van der Waals surface area contributed by atoms with Crippen LogP contribution >= 0.6 is 0 Å². The molecule has 10 heteroatoms. The molecule has 0 amide bonds. The molecule has 1 spiro atoms. The predicted octanol–water partition coefficient (Wildman–Crippen LogP) is 2.31. The van der Waals surface area contributed by atoms with E-state index < -0.39 is 0 Å². The summed E-state index contributed by atoms with van der Waals surface area (Å²) in [6.45, 7) is 4.61. The Balaban J connectivity index is 1.22. The number of aromatic amines is 2. The number of anilines is 3. The Bertz CT molecular complexity index is 1240. The van der Waals surface area contributed by atoms with Gasteiger partial charge in [0, 0.05) is 42.3 Å². The van der Waals surface area contributed by atoms with Crippen molar-refractivity contribution in [1.29, 1.82) is 0 Å². The van der Waals surface area contributed by atoms with Crippen LogP contribution in [0.1, 0.15) is 19.8 Å². The van der Waals surface area contributed by atoms with Gasteiger partial charge in [-0.3, -0.25) is 5.10 Å². The standard InChI is InChI=1S/C21H25N9O/c1-12-17(22)21(11-31-12)4-8-30(9-5-21)15-10-25-16-19(28-29-20(16)27-15)26-14-3-7-24-18-13(14)2-6-23-18/h2-3,6-7,10,12,17H,4-5,8-9,11,22H2,1H3,(H3,23,24,26,27,28,29). The van der Waals surface area contributed by atoms with Crippen LogP contribution in [0.25, 0.3) is 22.2 Å². The Morgan fingerprint density at radius 3 is 2.94 bits per heavy atom. The normalized spacial score (nSPS) is 23.2. The number of piperidine rings is 1. The maximum atomic E-state index is 6.44. The van der Waals surface area contributed by atoms with Crippen LogP contribution in [0.4, 0.5) is 17.3 Å². The van der Waals surface area contributed by atoms with E-state index in [0.717, 1.165) is 55.1 Å². The van der Waals surface area contributed by atoms with Gasteiger partial charge < -0.3 is 25.7 Å². The summed E-state index contributed by atoms with van der Waals surface area (Å²) >= 11 is 0. The molecule has 2 fully saturated rings. The number of H-pyrrole nitrogens is 2. The number of ether oxygens (including phenoxy) is 1. The maximum absolute atomic E-state index is 6.44. The summed E-state index contributed by atoms with van der Waals surface area (Å²) in [6, 6.07) is 4.01. The zero-order chi connectivity index (χ0) is 21.0. The molecule has 0 radical (unpaired) electrons. The van der Waals surface area contributed by atoms with Crippen LogP contribution in [-0.4, -0.2) is 62.0 Å². The first-order valence-electron chi connectivity index (χ1n) is 10.7. The lowest BCUT2D eigenvalue weighted by Gasteiger charge is -2.41. The fourth-order valence-electron chi connectivity index (χ4n) is 4.88. The number of fused-ring (bicyclic) bond motifs is 2. The summed E-state index contributed by atoms with van der Waals surface area (Å²) in [5.41, 5.74) is 9.58. The van der Waals surface area contributed by atoms with E-state index in [1.807, 2.05) is 24.5 Å². The number of nitrogens with two attached hydrogens (primary N) is 1. The van der Waals surface area contributed by atoms with E-state index in [4.69, 9.17) is 15.5 Å². The molecule has 6 heterocycles. The lowest BCUT2D eigenvalue weighted by molar-refractivity contribution is 0.0974. The van der Waals surface area contributed by atoms with Crippen LogP contribution in [0, 0.1) is 5.41 Å². The Kier molecular flexibility index (Phi) is 4.12. The van der Waals surface area contributed by atoms with Crippen molar-refractivity contribution in [3.8, 4) is 0 Å². The lowest BCUT2D eigenvalue weighted by Crippen LogP contribution is -2.50. The van der Waals surface area contributed by atoms with E-state index in [2.05, 4.69) is 42.3 Å². The highest BCUT2D eigenvalue weighted by molar-refractivity contribution is 5.94. The summed E-state index contributed by atoms with van der Waals surface area (Å²) in [7, 11) is 0. The van der Waals surface area contributed by atoms with Gasteiger partial charge in [-0.1, -0.05) is 0 Å². The maximum Gasteiger partial charge on any atom is 0.203 e. The fourth-order valence-corrected chi connectivity index (χ4v) is 4.88. The van der Waals surface area contributed by atoms with E-state index in [0.29, 0.717) is 17.0 Å². The second kappa shape index (κ2) is 6.89. The molecule has 0 saturated carbocycles. The van der Waals surface area contributed by atoms with E-state index in [1.165, 1.54) is 0 Å². The zero-order valence-electron chi connectivity index (χ0n) is 17.3. The van der Waals surface area contributed by atoms with E-state index in [-0.39, 0.29) is 17.6 Å². The smallest absolute Gasteiger partial charge is 0.203 e. The molecule has 31 heavy (non-hydrogen) atoms. The molecule has 2 atom stereocenters. The molecular weight excluding hydrogens is 394 g/mol. The highest BCUT2D eigenvalue weighted by Crippen LogP contribution is 2.41. The van der Waals surface area contributed by atoms with Crippen molar-refractivity contribution in [2.24, 2.45) is 11.1 Å². The molecule has 2 saturated heterocycles. The van der Waals surface area contributed by atoms with Gasteiger partial charge in [-0.25, -0.2) is 15.0 Å². The highest BCUT2D eigenvalue weighted by atomic mass is 16.5. The van der Waals surface area contributed by atoms with Crippen LogP contribution < -0.4 is 16.0 Å². The van der Waals surface area contributed by atoms with E-state index >= 15 is 0 Å². The average Bonchev–Trinajstić information content (AvgIpc) is 3.50. The van der Waals surface area contributed by atoms with Crippen molar-refractivity contribution in [2.75, 3.05) is 29.9 Å². The number of hydrogen-bond acceptors (Lipinski definition) is 8. The first kappa shape index (κ1) is 18.5. The second-order valence-corrected chi connectivity index (χ2v) is 8.61. The summed E-state index contributed by atoms with van der Waals surface area (Å²) in [5.74, 6) is 1.56. The first-order valence-corrected chi connectivity index (χ1v) is 10.7. The van der Waals surface area contributed by atoms with Crippen LogP contribution in [0.5, 0.6) is 0 Å². The molecule has 0 aliphatic carbocycles. The van der Waals surface area contributed by atoms with Gasteiger partial charge in [-0.15, -0.1) is 0 Å². The van der Waals surface area contributed by atoms with Gasteiger partial charge in [0.05, 0.1) is 24.6 Å². The number of pyridine rings is 1. The Morgan fingerprint density at radius 2 is 2.13 bits per heavy atom. The summed E-state index contributed by atoms with van der Waals surface area (Å²) in [5, 5.41) is 11.8. The van der Waals surface area contributed by atoms with Gasteiger partial charge >= 0.3 is 0 Å². The predicted molar refractivity (Wildman–Crippen MR) is 118 cm³/mol. The third-order valence-corrected chi connectivity index (χ3v) is 6.90. The largest absolute Gasteiger partial charge is 0.376 e. The average molecular weight is 419 g/mol. The van der Waals surface area contributed by atoms with Gasteiger partial charge in [-0.2, -0.15) is 5.10 Å². The summed E-state index contributed by atoms with van der Waals surface area (Å²) < 4.78 is 5.83. The molecular formula is C21H25N9O. The molecule has 0 aromatic carbocycles. The minimum absolute atomic E-state index is 0.0883. The first-order chi connectivity index (χ1) is 15.1. The third-order valence-electron chi connectivity index (χ3n) is 6.90. The van der Waals surface area contributed by atoms with Crippen molar-refractivity contribution in [2.45, 2.75) is 31.9 Å². The lowest BCUT2D eigenvalue weighted by atomic mass is 9.73. The highest BCUT2D eigenvalue weighted by Gasteiger charge is 2.47. The molecule has 5 N–H and O–H groups in total. The van der Waals surface area contributed by atoms with Crippen LogP contribution in [0.3, 0.4) is 0 Å². The molecule has 2 unspecified atom stereocenters. The molecule has 0 bridgehead atoms. The van der Waals surface area contributed by atoms with E-state index in [9.17, 15) is 0 Å². The molecule has 2 aliphatic rings. The fraction of sp³-hybridized carbons (Fsp3) is 0.429. The quantitative estimate of drug-likeness (QED) is 0.397. The van der Waals surface area contributed by atoms with Crippen molar-refractivity contribution < 1.29 is 4.74 Å². The van der Waals surface area contributed by atoms with Gasteiger partial charge in [0.1, 0.15) is 11.5 Å². The van der Waals surface area contributed by atoms with Crippen LogP contribution in [0.15, 0.2) is 30.7 Å². The van der Waals surface area contributed by atoms with Gasteiger partial charge in [0.25, 0.3) is 0 Å². The number of rotatable bonds is 3. The van der Waals surface area contributed by atoms with Crippen LogP contribution in [0.2, 0.25) is 0 Å². The van der Waals surface area contributed by atoms with Crippen molar-refractivity contribution in [3.63, 3.8) is 0 Å². The SMILES string of the molecule is CC1OCC2(CCN(c3cnc4c(Nc5ccnc6[nH]ccc56)[nH]nc4n3)CC2)C1N. The third kappa shape index (κ3) is 2.94. The van der Waals surface area contributed by atoms with Gasteiger partial charge in [0.2, 0.25) is 5.65 Å². The number of hydrogen-bond donors (Lipinski definition) is 4. The topological polar surface area (TPSA) is 134 Å². The number of nitrogens with one attached hydrogen (secondary N) is 3. The molecule has 4 aromatic heterocycles. The van der Waals surface area contributed by atoms with Crippen molar-refractivity contribution in [3.05, 3.63) is 30.7 Å². The minimum atomic E-state index is 0.0883. The molecule has 160 valence electrons. The zero-order valence-corrected chi connectivity index (χ0v) is 17.3. The monoisotopic (exact) mass is 419 g/mol. The molecule has 4 aromatic rings. The summed E-state index contributed by atoms with van der Waals surface area (Å²) in [4.78, 5) is 19.1. The number of aromatic nitrogens is 6. The number of nitrogens with zero attached hydrogens (tertiary/aromatic N) is 5. The minimum Gasteiger partial charge on any atom is -0.376 e. The second-order valence-electron chi connectivity index (χ2n) is 8.61. The summed E-state index contributed by atoms with van der Waals surface area (Å²) in [6.07, 6.45) is 7.58. The Labute approximate surface area is 178 Å². The Morgan fingerprint density at radius 1 is 1.26 bits per heavy atom. The van der Waals surface area contributed by atoms with Gasteiger partial charge in [0.15, 0.2) is 11.3 Å². The van der Waals surface area contributed by atoms with Crippen LogP contribution in [-0.2, 0) is 4.74 Å². The van der Waals surface area contributed by atoms with E-state index in [1.54, 1.807) is 6.20 Å². The van der Waals surface area contributed by atoms with Crippen molar-refractivity contribution in [1.82, 2.24) is 30.1 Å². The molecule has 2 aliphatic heterocycles.